The zero-order valence-corrected chi connectivity index (χ0v) is 12.4. The molecular formula is C14H30N2O. The molecule has 1 rings (SSSR count). The molecule has 1 saturated carbocycles. The number of nitrogens with zero attached hydrogens (tertiary/aromatic N) is 1. The standard InChI is InChI=1S/C14H30N2O/c1-7-17-12-8-14(15,13(12,4)5)10-16(6)9-11(2)3/h11-12H,7-10,15H2,1-6H3. The quantitative estimate of drug-likeness (QED) is 0.775. The lowest BCUT2D eigenvalue weighted by Crippen LogP contribution is -2.73. The van der Waals surface area contributed by atoms with Gasteiger partial charge < -0.3 is 15.4 Å². The Bertz CT molecular complexity index is 253. The fourth-order valence-corrected chi connectivity index (χ4v) is 2.94. The van der Waals surface area contributed by atoms with E-state index in [-0.39, 0.29) is 11.0 Å². The van der Waals surface area contributed by atoms with Crippen molar-refractivity contribution in [2.75, 3.05) is 26.7 Å². The van der Waals surface area contributed by atoms with Crippen molar-refractivity contribution in [3.63, 3.8) is 0 Å². The topological polar surface area (TPSA) is 38.5 Å². The number of hydrogen-bond acceptors (Lipinski definition) is 3. The lowest BCUT2D eigenvalue weighted by Gasteiger charge is -2.60. The van der Waals surface area contributed by atoms with Crippen molar-refractivity contribution >= 4 is 0 Å². The van der Waals surface area contributed by atoms with Gasteiger partial charge in [-0.05, 0) is 26.3 Å². The maximum Gasteiger partial charge on any atom is 0.0662 e. The Balaban J connectivity index is 2.54. The Labute approximate surface area is 107 Å². The summed E-state index contributed by atoms with van der Waals surface area (Å²) in [5.41, 5.74) is 6.53. The van der Waals surface area contributed by atoms with Crippen molar-refractivity contribution in [1.29, 1.82) is 0 Å². The van der Waals surface area contributed by atoms with Gasteiger partial charge in [0.25, 0.3) is 0 Å². The van der Waals surface area contributed by atoms with Crippen LogP contribution in [0.5, 0.6) is 0 Å². The second-order valence-corrected chi connectivity index (χ2v) is 6.62. The van der Waals surface area contributed by atoms with Crippen molar-refractivity contribution in [3.05, 3.63) is 0 Å². The van der Waals surface area contributed by atoms with Crippen molar-refractivity contribution in [2.24, 2.45) is 17.1 Å². The van der Waals surface area contributed by atoms with Crippen LogP contribution in [0, 0.1) is 11.3 Å². The van der Waals surface area contributed by atoms with Crippen LogP contribution in [0.2, 0.25) is 0 Å². The van der Waals surface area contributed by atoms with E-state index in [1.54, 1.807) is 0 Å². The molecule has 2 atom stereocenters. The van der Waals surface area contributed by atoms with Gasteiger partial charge in [-0.15, -0.1) is 0 Å². The Morgan fingerprint density at radius 3 is 2.41 bits per heavy atom. The average Bonchev–Trinajstić information content (AvgIpc) is 2.15. The first-order valence-electron chi connectivity index (χ1n) is 6.82. The van der Waals surface area contributed by atoms with Crippen molar-refractivity contribution in [1.82, 2.24) is 4.90 Å². The van der Waals surface area contributed by atoms with Gasteiger partial charge in [0.1, 0.15) is 0 Å². The number of hydrogen-bond donors (Lipinski definition) is 1. The van der Waals surface area contributed by atoms with E-state index in [2.05, 4.69) is 46.6 Å². The molecule has 1 fully saturated rings. The Hall–Kier alpha value is -0.120. The van der Waals surface area contributed by atoms with Gasteiger partial charge in [-0.2, -0.15) is 0 Å². The van der Waals surface area contributed by atoms with Crippen LogP contribution in [0.15, 0.2) is 0 Å². The third-order valence-corrected chi connectivity index (χ3v) is 4.23. The highest BCUT2D eigenvalue weighted by atomic mass is 16.5. The molecule has 1 aliphatic carbocycles. The zero-order valence-electron chi connectivity index (χ0n) is 12.4. The summed E-state index contributed by atoms with van der Waals surface area (Å²) in [4.78, 5) is 2.36. The van der Waals surface area contributed by atoms with Crippen molar-refractivity contribution in [2.45, 2.75) is 52.7 Å². The Morgan fingerprint density at radius 1 is 1.41 bits per heavy atom. The highest BCUT2D eigenvalue weighted by molar-refractivity contribution is 5.14. The molecule has 0 amide bonds. The maximum absolute atomic E-state index is 6.56. The van der Waals surface area contributed by atoms with E-state index in [0.717, 1.165) is 26.1 Å². The lowest BCUT2D eigenvalue weighted by atomic mass is 9.54. The molecule has 3 heteroatoms. The fraction of sp³-hybridized carbons (Fsp3) is 1.00. The molecule has 17 heavy (non-hydrogen) atoms. The fourth-order valence-electron chi connectivity index (χ4n) is 2.94. The van der Waals surface area contributed by atoms with Crippen molar-refractivity contribution < 1.29 is 4.74 Å². The van der Waals surface area contributed by atoms with Crippen LogP contribution in [-0.2, 0) is 4.74 Å². The molecule has 0 aromatic heterocycles. The minimum Gasteiger partial charge on any atom is -0.378 e. The molecule has 0 radical (unpaired) electrons. The third-order valence-electron chi connectivity index (χ3n) is 4.23. The van der Waals surface area contributed by atoms with Gasteiger partial charge >= 0.3 is 0 Å². The van der Waals surface area contributed by atoms with Crippen LogP contribution in [0.3, 0.4) is 0 Å². The van der Waals surface area contributed by atoms with Gasteiger partial charge in [0.05, 0.1) is 6.10 Å². The van der Waals surface area contributed by atoms with E-state index < -0.39 is 0 Å². The van der Waals surface area contributed by atoms with Crippen molar-refractivity contribution in [3.8, 4) is 0 Å². The number of likely N-dealkylation sites (N-methyl/N-ethyl adjacent to an activating group) is 1. The number of rotatable bonds is 6. The summed E-state index contributed by atoms with van der Waals surface area (Å²) in [6, 6.07) is 0. The van der Waals surface area contributed by atoms with Gasteiger partial charge in [-0.1, -0.05) is 27.7 Å². The lowest BCUT2D eigenvalue weighted by molar-refractivity contribution is -0.155. The van der Waals surface area contributed by atoms with Gasteiger partial charge in [-0.3, -0.25) is 0 Å². The van der Waals surface area contributed by atoms with Gasteiger partial charge in [-0.25, -0.2) is 0 Å². The first kappa shape index (κ1) is 14.9. The van der Waals surface area contributed by atoms with Crippen LogP contribution in [0.25, 0.3) is 0 Å². The van der Waals surface area contributed by atoms with Gasteiger partial charge in [0.2, 0.25) is 0 Å². The van der Waals surface area contributed by atoms with Crippen LogP contribution in [0.1, 0.15) is 41.0 Å². The van der Waals surface area contributed by atoms with E-state index in [1.165, 1.54) is 0 Å². The molecule has 0 saturated heterocycles. The molecule has 102 valence electrons. The van der Waals surface area contributed by atoms with Crippen LogP contribution in [0.4, 0.5) is 0 Å². The van der Waals surface area contributed by atoms with Crippen LogP contribution in [-0.4, -0.2) is 43.3 Å². The number of nitrogens with two attached hydrogens (primary N) is 1. The predicted octanol–water partition coefficient (Wildman–Crippen LogP) is 2.11. The molecule has 0 spiro atoms. The summed E-state index contributed by atoms with van der Waals surface area (Å²) in [7, 11) is 2.17. The maximum atomic E-state index is 6.56. The SMILES string of the molecule is CCOC1CC(N)(CN(C)CC(C)C)C1(C)C. The highest BCUT2D eigenvalue weighted by Gasteiger charge is 2.58. The summed E-state index contributed by atoms with van der Waals surface area (Å²) in [6.45, 7) is 13.9. The van der Waals surface area contributed by atoms with E-state index >= 15 is 0 Å². The molecule has 0 bridgehead atoms. The van der Waals surface area contributed by atoms with E-state index in [1.807, 2.05) is 0 Å². The second kappa shape index (κ2) is 5.25. The Kier molecular flexibility index (Phi) is 4.61. The monoisotopic (exact) mass is 242 g/mol. The molecule has 1 aliphatic rings. The first-order chi connectivity index (χ1) is 7.73. The number of ether oxygens (including phenoxy) is 1. The molecule has 3 nitrogen and oxygen atoms in total. The molecule has 2 unspecified atom stereocenters. The van der Waals surface area contributed by atoms with E-state index in [4.69, 9.17) is 10.5 Å². The molecule has 0 aromatic rings. The predicted molar refractivity (Wildman–Crippen MR) is 73.1 cm³/mol. The summed E-state index contributed by atoms with van der Waals surface area (Å²) >= 11 is 0. The molecule has 0 aliphatic heterocycles. The third kappa shape index (κ3) is 3.01. The summed E-state index contributed by atoms with van der Waals surface area (Å²) in [5.74, 6) is 0.689. The summed E-state index contributed by atoms with van der Waals surface area (Å²) in [6.07, 6.45) is 1.31. The molecule has 2 N–H and O–H groups in total. The van der Waals surface area contributed by atoms with Crippen LogP contribution >= 0.6 is 0 Å². The zero-order chi connectivity index (χ0) is 13.3. The smallest absolute Gasteiger partial charge is 0.0662 e. The molecule has 0 heterocycles. The summed E-state index contributed by atoms with van der Waals surface area (Å²) in [5, 5.41) is 0. The van der Waals surface area contributed by atoms with Crippen LogP contribution < -0.4 is 5.73 Å². The largest absolute Gasteiger partial charge is 0.378 e. The molecule has 0 aromatic carbocycles. The first-order valence-corrected chi connectivity index (χ1v) is 6.82. The highest BCUT2D eigenvalue weighted by Crippen LogP contribution is 2.49. The minimum atomic E-state index is -0.101. The Morgan fingerprint density at radius 2 is 2.00 bits per heavy atom. The van der Waals surface area contributed by atoms with E-state index in [0.29, 0.717) is 12.0 Å². The minimum absolute atomic E-state index is 0.0776. The van der Waals surface area contributed by atoms with Gasteiger partial charge in [0.15, 0.2) is 0 Å². The van der Waals surface area contributed by atoms with E-state index in [9.17, 15) is 0 Å². The normalized spacial score (nSPS) is 31.9. The molecular weight excluding hydrogens is 212 g/mol. The average molecular weight is 242 g/mol. The van der Waals surface area contributed by atoms with Gasteiger partial charge in [0, 0.05) is 30.7 Å². The second-order valence-electron chi connectivity index (χ2n) is 6.62. The summed E-state index contributed by atoms with van der Waals surface area (Å²) < 4.78 is 5.75.